The van der Waals surface area contributed by atoms with Crippen molar-refractivity contribution in [2.24, 2.45) is 5.73 Å². The minimum Gasteiger partial charge on any atom is -0.352 e. The third-order valence-corrected chi connectivity index (χ3v) is 3.95. The highest BCUT2D eigenvalue weighted by atomic mass is 16.2. The Bertz CT molecular complexity index is 454. The number of carbonyl (C=O) groups is 1. The second kappa shape index (κ2) is 6.85. The number of amides is 1. The van der Waals surface area contributed by atoms with Crippen molar-refractivity contribution in [2.45, 2.75) is 51.1 Å². The lowest BCUT2D eigenvalue weighted by Gasteiger charge is -2.34. The summed E-state index contributed by atoms with van der Waals surface area (Å²) in [6.07, 6.45) is 6.90. The van der Waals surface area contributed by atoms with Gasteiger partial charge in [0.1, 0.15) is 0 Å². The predicted octanol–water partition coefficient (Wildman–Crippen LogP) is 1.08. The molecule has 0 radical (unpaired) electrons. The highest BCUT2D eigenvalue weighted by Crippen LogP contribution is 2.16. The molecule has 3 N–H and O–H groups in total. The number of hydrogen-bond acceptors (Lipinski definition) is 5. The van der Waals surface area contributed by atoms with Gasteiger partial charge in [-0.1, -0.05) is 13.3 Å². The van der Waals surface area contributed by atoms with E-state index < -0.39 is 5.54 Å². The van der Waals surface area contributed by atoms with Crippen LogP contribution in [-0.4, -0.2) is 40.5 Å². The summed E-state index contributed by atoms with van der Waals surface area (Å²) in [6.45, 7) is 5.55. The Morgan fingerprint density at radius 2 is 2.05 bits per heavy atom. The van der Waals surface area contributed by atoms with Gasteiger partial charge in [0.05, 0.1) is 5.54 Å². The zero-order chi connectivity index (χ0) is 15.3. The average Bonchev–Trinajstić information content (AvgIpc) is 2.49. The SMILES string of the molecule is CCCC(C)(N)C(=O)NC1CCN(c2ncccn2)CC1. The second-order valence-corrected chi connectivity index (χ2v) is 5.95. The van der Waals surface area contributed by atoms with E-state index in [0.29, 0.717) is 6.42 Å². The fourth-order valence-electron chi connectivity index (χ4n) is 2.66. The third-order valence-electron chi connectivity index (χ3n) is 3.95. The molecule has 0 bridgehead atoms. The molecule has 6 heteroatoms. The lowest BCUT2D eigenvalue weighted by molar-refractivity contribution is -0.126. The second-order valence-electron chi connectivity index (χ2n) is 5.95. The molecule has 116 valence electrons. The molecule has 2 rings (SSSR count). The van der Waals surface area contributed by atoms with Crippen LogP contribution in [0.3, 0.4) is 0 Å². The van der Waals surface area contributed by atoms with E-state index in [9.17, 15) is 4.79 Å². The fraction of sp³-hybridized carbons (Fsp3) is 0.667. The summed E-state index contributed by atoms with van der Waals surface area (Å²) in [7, 11) is 0. The molecule has 1 saturated heterocycles. The molecule has 1 aliphatic heterocycles. The van der Waals surface area contributed by atoms with Crippen LogP contribution < -0.4 is 16.0 Å². The molecule has 0 aliphatic carbocycles. The lowest BCUT2D eigenvalue weighted by atomic mass is 9.95. The Balaban J connectivity index is 1.83. The molecule has 1 unspecified atom stereocenters. The third kappa shape index (κ3) is 4.14. The lowest BCUT2D eigenvalue weighted by Crippen LogP contribution is -2.56. The van der Waals surface area contributed by atoms with E-state index >= 15 is 0 Å². The number of anilines is 1. The zero-order valence-electron chi connectivity index (χ0n) is 12.9. The summed E-state index contributed by atoms with van der Waals surface area (Å²) in [4.78, 5) is 22.9. The molecular weight excluding hydrogens is 266 g/mol. The Morgan fingerprint density at radius 3 is 2.62 bits per heavy atom. The summed E-state index contributed by atoms with van der Waals surface area (Å²) in [6, 6.07) is 2.00. The topological polar surface area (TPSA) is 84.1 Å². The molecule has 6 nitrogen and oxygen atoms in total. The molecule has 2 heterocycles. The van der Waals surface area contributed by atoms with Crippen LogP contribution >= 0.6 is 0 Å². The predicted molar refractivity (Wildman–Crippen MR) is 82.9 cm³/mol. The van der Waals surface area contributed by atoms with E-state index in [1.54, 1.807) is 19.3 Å². The molecule has 1 amide bonds. The highest BCUT2D eigenvalue weighted by molar-refractivity contribution is 5.85. The number of carbonyl (C=O) groups excluding carboxylic acids is 1. The van der Waals surface area contributed by atoms with E-state index in [1.165, 1.54) is 0 Å². The number of aromatic nitrogens is 2. The van der Waals surface area contributed by atoms with Gasteiger partial charge in [-0.25, -0.2) is 9.97 Å². The standard InChI is InChI=1S/C15H25N5O/c1-3-7-15(2,16)13(21)19-12-5-10-20(11-6-12)14-17-8-4-9-18-14/h4,8-9,12H,3,5-7,10-11,16H2,1-2H3,(H,19,21). The van der Waals surface area contributed by atoms with Crippen molar-refractivity contribution in [1.82, 2.24) is 15.3 Å². The van der Waals surface area contributed by atoms with Gasteiger partial charge in [0.2, 0.25) is 11.9 Å². The van der Waals surface area contributed by atoms with Crippen LogP contribution in [0.25, 0.3) is 0 Å². The van der Waals surface area contributed by atoms with Crippen LogP contribution in [0.2, 0.25) is 0 Å². The number of nitrogens with zero attached hydrogens (tertiary/aromatic N) is 3. The molecule has 1 aliphatic rings. The molecule has 0 saturated carbocycles. The van der Waals surface area contributed by atoms with Gasteiger partial charge in [0, 0.05) is 31.5 Å². The van der Waals surface area contributed by atoms with Crippen LogP contribution in [-0.2, 0) is 4.79 Å². The summed E-state index contributed by atoms with van der Waals surface area (Å²) >= 11 is 0. The van der Waals surface area contributed by atoms with Gasteiger partial charge >= 0.3 is 0 Å². The first kappa shape index (κ1) is 15.7. The van der Waals surface area contributed by atoms with E-state index in [4.69, 9.17) is 5.73 Å². The van der Waals surface area contributed by atoms with Crippen molar-refractivity contribution in [1.29, 1.82) is 0 Å². The number of piperidine rings is 1. The number of nitrogens with one attached hydrogen (secondary N) is 1. The van der Waals surface area contributed by atoms with Crippen molar-refractivity contribution < 1.29 is 4.79 Å². The maximum absolute atomic E-state index is 12.2. The number of nitrogens with two attached hydrogens (primary N) is 1. The van der Waals surface area contributed by atoms with Gasteiger partial charge in [-0.15, -0.1) is 0 Å². The molecule has 0 spiro atoms. The maximum atomic E-state index is 12.2. The Labute approximate surface area is 126 Å². The summed E-state index contributed by atoms with van der Waals surface area (Å²) in [5.74, 6) is 0.718. The van der Waals surface area contributed by atoms with Crippen molar-refractivity contribution in [2.75, 3.05) is 18.0 Å². The molecular formula is C15H25N5O. The minimum absolute atomic E-state index is 0.0428. The van der Waals surface area contributed by atoms with Gasteiger partial charge in [0.25, 0.3) is 0 Å². The molecule has 1 atom stereocenters. The van der Waals surface area contributed by atoms with Crippen molar-refractivity contribution in [3.8, 4) is 0 Å². The average molecular weight is 291 g/mol. The maximum Gasteiger partial charge on any atom is 0.240 e. The van der Waals surface area contributed by atoms with E-state index in [2.05, 4.69) is 20.2 Å². The van der Waals surface area contributed by atoms with Gasteiger partial charge in [-0.05, 0) is 32.3 Å². The van der Waals surface area contributed by atoms with Gasteiger partial charge in [-0.2, -0.15) is 0 Å². The van der Waals surface area contributed by atoms with Crippen molar-refractivity contribution in [3.05, 3.63) is 18.5 Å². The van der Waals surface area contributed by atoms with Crippen LogP contribution in [0.1, 0.15) is 39.5 Å². The smallest absolute Gasteiger partial charge is 0.240 e. The van der Waals surface area contributed by atoms with Crippen molar-refractivity contribution in [3.63, 3.8) is 0 Å². The van der Waals surface area contributed by atoms with Crippen LogP contribution in [0, 0.1) is 0 Å². The molecule has 1 aromatic heterocycles. The van der Waals surface area contributed by atoms with Gasteiger partial charge in [0.15, 0.2) is 0 Å². The summed E-state index contributed by atoms with van der Waals surface area (Å²) in [5, 5.41) is 3.08. The fourth-order valence-corrected chi connectivity index (χ4v) is 2.66. The van der Waals surface area contributed by atoms with Gasteiger partial charge < -0.3 is 16.0 Å². The molecule has 21 heavy (non-hydrogen) atoms. The Hall–Kier alpha value is -1.69. The highest BCUT2D eigenvalue weighted by Gasteiger charge is 2.30. The van der Waals surface area contributed by atoms with E-state index in [1.807, 2.05) is 13.0 Å². The Kier molecular flexibility index (Phi) is 5.12. The van der Waals surface area contributed by atoms with Crippen molar-refractivity contribution >= 4 is 11.9 Å². The quantitative estimate of drug-likeness (QED) is 0.848. The zero-order valence-corrected chi connectivity index (χ0v) is 12.9. The summed E-state index contributed by atoms with van der Waals surface area (Å²) in [5.41, 5.74) is 5.29. The molecule has 1 fully saturated rings. The summed E-state index contributed by atoms with van der Waals surface area (Å²) < 4.78 is 0. The first-order valence-corrected chi connectivity index (χ1v) is 7.64. The molecule has 1 aromatic rings. The van der Waals surface area contributed by atoms with Gasteiger partial charge in [-0.3, -0.25) is 4.79 Å². The van der Waals surface area contributed by atoms with Crippen LogP contribution in [0.15, 0.2) is 18.5 Å². The van der Waals surface area contributed by atoms with Crippen LogP contribution in [0.5, 0.6) is 0 Å². The number of hydrogen-bond donors (Lipinski definition) is 2. The van der Waals surface area contributed by atoms with E-state index in [0.717, 1.165) is 38.3 Å². The largest absolute Gasteiger partial charge is 0.352 e. The Morgan fingerprint density at radius 1 is 1.43 bits per heavy atom. The first-order chi connectivity index (χ1) is 10.0. The van der Waals surface area contributed by atoms with Crippen LogP contribution in [0.4, 0.5) is 5.95 Å². The first-order valence-electron chi connectivity index (χ1n) is 7.64. The van der Waals surface area contributed by atoms with E-state index in [-0.39, 0.29) is 11.9 Å². The minimum atomic E-state index is -0.769. The normalized spacial score (nSPS) is 19.1. The number of rotatable bonds is 5. The molecule has 0 aromatic carbocycles. The monoisotopic (exact) mass is 291 g/mol.